The van der Waals surface area contributed by atoms with E-state index in [-0.39, 0.29) is 17.3 Å². The third-order valence-corrected chi connectivity index (χ3v) is 5.58. The summed E-state index contributed by atoms with van der Waals surface area (Å²) in [5, 5.41) is 11.2. The highest BCUT2D eigenvalue weighted by Gasteiger charge is 2.48. The topological polar surface area (TPSA) is 120 Å². The van der Waals surface area contributed by atoms with Crippen LogP contribution in [0.2, 0.25) is 0 Å². The number of ether oxygens (including phenoxy) is 4. The molecule has 1 atom stereocenters. The van der Waals surface area contributed by atoms with Crippen LogP contribution in [0.3, 0.4) is 0 Å². The lowest BCUT2D eigenvalue weighted by Gasteiger charge is -2.25. The van der Waals surface area contributed by atoms with Gasteiger partial charge in [-0.05, 0) is 48.0 Å². The van der Waals surface area contributed by atoms with Crippen LogP contribution in [-0.2, 0) is 9.59 Å². The van der Waals surface area contributed by atoms with E-state index < -0.39 is 17.7 Å². The minimum absolute atomic E-state index is 0.00197. The quantitative estimate of drug-likeness (QED) is 0.311. The summed E-state index contributed by atoms with van der Waals surface area (Å²) in [5.74, 6) is -0.598. The number of aliphatic hydroxyl groups is 1. The van der Waals surface area contributed by atoms with Crippen molar-refractivity contribution >= 4 is 23.4 Å². The second kappa shape index (κ2) is 9.72. The number of amides is 1. The van der Waals surface area contributed by atoms with E-state index in [4.69, 9.17) is 18.9 Å². The van der Waals surface area contributed by atoms with Crippen LogP contribution < -0.4 is 23.8 Å². The summed E-state index contributed by atoms with van der Waals surface area (Å²) in [4.78, 5) is 35.9. The van der Waals surface area contributed by atoms with Crippen molar-refractivity contribution in [2.75, 3.05) is 33.3 Å². The number of aromatic nitrogens is 2. The molecule has 2 heterocycles. The summed E-state index contributed by atoms with van der Waals surface area (Å²) in [6.45, 7) is 0. The molecule has 1 N–H and O–H groups in total. The maximum atomic E-state index is 13.3. The van der Waals surface area contributed by atoms with Gasteiger partial charge in [-0.15, -0.1) is 0 Å². The average Bonchev–Trinajstić information content (AvgIpc) is 3.17. The lowest BCUT2D eigenvalue weighted by Crippen LogP contribution is -2.31. The Kier molecular flexibility index (Phi) is 6.54. The highest BCUT2D eigenvalue weighted by Crippen LogP contribution is 2.46. The largest absolute Gasteiger partial charge is 0.507 e. The molecule has 3 aromatic rings. The highest BCUT2D eigenvalue weighted by atomic mass is 16.5. The number of benzene rings is 2. The molecular weight excluding hydrogens is 454 g/mol. The standard InChI is InChI=1S/C25H23N3O7/c1-32-16-8-6-14(7-9-16)21(29)19-20(15-12-17(33-2)23(35-4)18(13-15)34-3)28(24(31)22(19)30)25-26-10-5-11-27-25/h5-13,20,29H,1-4H3/b21-19+. The minimum atomic E-state index is -1.08. The van der Waals surface area contributed by atoms with Crippen molar-refractivity contribution in [1.82, 2.24) is 9.97 Å². The summed E-state index contributed by atoms with van der Waals surface area (Å²) in [6.07, 6.45) is 2.91. The van der Waals surface area contributed by atoms with Gasteiger partial charge in [-0.3, -0.25) is 14.5 Å². The second-order valence-corrected chi connectivity index (χ2v) is 7.41. The highest BCUT2D eigenvalue weighted by molar-refractivity contribution is 6.51. The molecule has 1 amide bonds. The third kappa shape index (κ3) is 4.10. The van der Waals surface area contributed by atoms with E-state index in [1.807, 2.05) is 0 Å². The summed E-state index contributed by atoms with van der Waals surface area (Å²) < 4.78 is 21.5. The van der Waals surface area contributed by atoms with Crippen molar-refractivity contribution in [1.29, 1.82) is 0 Å². The van der Waals surface area contributed by atoms with Crippen molar-refractivity contribution < 1.29 is 33.6 Å². The van der Waals surface area contributed by atoms with E-state index in [2.05, 4.69) is 9.97 Å². The van der Waals surface area contributed by atoms with Gasteiger partial charge in [0.15, 0.2) is 11.5 Å². The van der Waals surface area contributed by atoms with Crippen molar-refractivity contribution in [3.63, 3.8) is 0 Å². The van der Waals surface area contributed by atoms with E-state index in [0.29, 0.717) is 34.1 Å². The van der Waals surface area contributed by atoms with E-state index in [0.717, 1.165) is 4.90 Å². The fourth-order valence-electron chi connectivity index (χ4n) is 3.93. The number of ketones is 1. The van der Waals surface area contributed by atoms with Crippen LogP contribution in [0.4, 0.5) is 5.95 Å². The van der Waals surface area contributed by atoms with Crippen LogP contribution in [0.15, 0.2) is 60.4 Å². The molecule has 35 heavy (non-hydrogen) atoms. The fraction of sp³-hybridized carbons (Fsp3) is 0.200. The van der Waals surface area contributed by atoms with Crippen LogP contribution in [0.1, 0.15) is 17.2 Å². The first-order valence-electron chi connectivity index (χ1n) is 10.5. The Morgan fingerprint density at radius 2 is 1.49 bits per heavy atom. The fourth-order valence-corrected chi connectivity index (χ4v) is 3.93. The van der Waals surface area contributed by atoms with Gasteiger partial charge < -0.3 is 24.1 Å². The number of hydrogen-bond donors (Lipinski definition) is 1. The van der Waals surface area contributed by atoms with Crippen LogP contribution in [0.5, 0.6) is 23.0 Å². The molecule has 0 saturated carbocycles. The lowest BCUT2D eigenvalue weighted by molar-refractivity contribution is -0.132. The summed E-state index contributed by atoms with van der Waals surface area (Å²) in [5.41, 5.74) is 0.610. The molecule has 0 aliphatic carbocycles. The summed E-state index contributed by atoms with van der Waals surface area (Å²) in [6, 6.07) is 10.2. The number of Topliss-reactive ketones (excluding diaryl/α,β-unsaturated/α-hetero) is 1. The van der Waals surface area contributed by atoms with E-state index in [9.17, 15) is 14.7 Å². The van der Waals surface area contributed by atoms with Crippen molar-refractivity contribution in [3.05, 3.63) is 71.6 Å². The molecule has 4 rings (SSSR count). The zero-order valence-electron chi connectivity index (χ0n) is 19.5. The number of aliphatic hydroxyl groups excluding tert-OH is 1. The number of rotatable bonds is 7. The van der Waals surface area contributed by atoms with Gasteiger partial charge in [-0.1, -0.05) is 0 Å². The predicted octanol–water partition coefficient (Wildman–Crippen LogP) is 3.14. The Morgan fingerprint density at radius 1 is 0.886 bits per heavy atom. The number of carbonyl (C=O) groups is 2. The number of methoxy groups -OCH3 is 4. The van der Waals surface area contributed by atoms with Gasteiger partial charge in [0, 0.05) is 18.0 Å². The first-order chi connectivity index (χ1) is 16.9. The summed E-state index contributed by atoms with van der Waals surface area (Å²) >= 11 is 0. The van der Waals surface area contributed by atoms with Crippen LogP contribution in [0, 0.1) is 0 Å². The van der Waals surface area contributed by atoms with Crippen molar-refractivity contribution in [3.8, 4) is 23.0 Å². The Hall–Kier alpha value is -4.60. The van der Waals surface area contributed by atoms with Crippen LogP contribution in [-0.4, -0.2) is 55.2 Å². The van der Waals surface area contributed by atoms with Crippen molar-refractivity contribution in [2.24, 2.45) is 0 Å². The first-order valence-corrected chi connectivity index (χ1v) is 10.5. The molecular formula is C25H23N3O7. The van der Waals surface area contributed by atoms with E-state index in [1.165, 1.54) is 40.8 Å². The molecule has 1 saturated heterocycles. The van der Waals surface area contributed by atoms with Gasteiger partial charge in [-0.25, -0.2) is 9.97 Å². The average molecular weight is 477 g/mol. The predicted molar refractivity (Wildman–Crippen MR) is 126 cm³/mol. The molecule has 10 nitrogen and oxygen atoms in total. The maximum absolute atomic E-state index is 13.3. The van der Waals surface area contributed by atoms with Gasteiger partial charge in [-0.2, -0.15) is 0 Å². The molecule has 0 spiro atoms. The number of hydrogen-bond acceptors (Lipinski definition) is 9. The zero-order chi connectivity index (χ0) is 25.1. The first kappa shape index (κ1) is 23.6. The zero-order valence-corrected chi connectivity index (χ0v) is 19.5. The molecule has 1 aliphatic heterocycles. The number of carbonyl (C=O) groups excluding carboxylic acids is 2. The van der Waals surface area contributed by atoms with E-state index >= 15 is 0 Å². The maximum Gasteiger partial charge on any atom is 0.302 e. The molecule has 0 radical (unpaired) electrons. The number of anilines is 1. The molecule has 0 bridgehead atoms. The Morgan fingerprint density at radius 3 is 2.00 bits per heavy atom. The van der Waals surface area contributed by atoms with Gasteiger partial charge in [0.05, 0.1) is 40.1 Å². The van der Waals surface area contributed by atoms with E-state index in [1.54, 1.807) is 42.5 Å². The molecule has 1 aliphatic rings. The van der Waals surface area contributed by atoms with Gasteiger partial charge in [0.1, 0.15) is 11.5 Å². The smallest absolute Gasteiger partial charge is 0.302 e. The molecule has 1 aromatic heterocycles. The van der Waals surface area contributed by atoms with Crippen LogP contribution >= 0.6 is 0 Å². The number of nitrogens with zero attached hydrogens (tertiary/aromatic N) is 3. The Bertz CT molecular complexity index is 1270. The SMILES string of the molecule is COc1ccc(/C(O)=C2\C(=O)C(=O)N(c3ncccn3)C2c2cc(OC)c(OC)c(OC)c2)cc1. The normalized spacial score (nSPS) is 16.8. The Labute approximate surface area is 201 Å². The third-order valence-electron chi connectivity index (χ3n) is 5.58. The molecule has 1 unspecified atom stereocenters. The monoisotopic (exact) mass is 477 g/mol. The van der Waals surface area contributed by atoms with Gasteiger partial charge in [0.25, 0.3) is 5.78 Å². The van der Waals surface area contributed by atoms with Crippen LogP contribution in [0.25, 0.3) is 5.76 Å². The molecule has 1 fully saturated rings. The van der Waals surface area contributed by atoms with Gasteiger partial charge in [0.2, 0.25) is 11.7 Å². The molecule has 180 valence electrons. The van der Waals surface area contributed by atoms with Gasteiger partial charge >= 0.3 is 5.91 Å². The lowest BCUT2D eigenvalue weighted by atomic mass is 9.94. The Balaban J connectivity index is 1.99. The molecule has 2 aromatic carbocycles. The minimum Gasteiger partial charge on any atom is -0.507 e. The second-order valence-electron chi connectivity index (χ2n) is 7.41. The van der Waals surface area contributed by atoms with Crippen molar-refractivity contribution in [2.45, 2.75) is 6.04 Å². The summed E-state index contributed by atoms with van der Waals surface area (Å²) in [7, 11) is 5.89. The molecule has 10 heteroatoms.